The Bertz CT molecular complexity index is 182. The third-order valence-corrected chi connectivity index (χ3v) is 1.61. The molecule has 0 aliphatic heterocycles. The summed E-state index contributed by atoms with van der Waals surface area (Å²) in [7, 11) is 4.65. The van der Waals surface area contributed by atoms with Gasteiger partial charge in [-0.25, -0.2) is 0 Å². The summed E-state index contributed by atoms with van der Waals surface area (Å²) >= 11 is 0. The number of rotatable bonds is 5. The zero-order valence-corrected chi connectivity index (χ0v) is 8.29. The fourth-order valence-electron chi connectivity index (χ4n) is 0.769. The molecule has 13 heavy (non-hydrogen) atoms. The highest BCUT2D eigenvalue weighted by atomic mass is 16.5. The lowest BCUT2D eigenvalue weighted by Gasteiger charge is -2.15. The van der Waals surface area contributed by atoms with Crippen LogP contribution in [0.15, 0.2) is 0 Å². The number of nitrogens with zero attached hydrogens (tertiary/aromatic N) is 1. The van der Waals surface area contributed by atoms with Gasteiger partial charge in [-0.1, -0.05) is 0 Å². The van der Waals surface area contributed by atoms with E-state index in [1.54, 1.807) is 14.1 Å². The molecule has 0 fully saturated rings. The molecule has 0 spiro atoms. The molecule has 0 unspecified atom stereocenters. The van der Waals surface area contributed by atoms with Crippen LogP contribution in [0.25, 0.3) is 0 Å². The maximum Gasteiger partial charge on any atom is 0.325 e. The smallest absolute Gasteiger partial charge is 0.325 e. The molecule has 0 aromatic rings. The highest BCUT2D eigenvalue weighted by Crippen LogP contribution is 1.90. The van der Waals surface area contributed by atoms with Gasteiger partial charge in [0.1, 0.15) is 6.54 Å². The molecule has 5 heteroatoms. The van der Waals surface area contributed by atoms with Gasteiger partial charge in [0.05, 0.1) is 7.11 Å². The molecule has 5 nitrogen and oxygen atoms in total. The van der Waals surface area contributed by atoms with Crippen LogP contribution in [0.3, 0.4) is 0 Å². The standard InChI is InChI=1S/C8H16N2O3/c1-9-5-4-7(11)10(2)6-8(12)13-3/h9H,4-6H2,1-3H3. The van der Waals surface area contributed by atoms with Crippen molar-refractivity contribution >= 4 is 11.9 Å². The highest BCUT2D eigenvalue weighted by molar-refractivity contribution is 5.81. The number of ether oxygens (including phenoxy) is 1. The normalized spacial score (nSPS) is 9.46. The van der Waals surface area contributed by atoms with E-state index >= 15 is 0 Å². The van der Waals surface area contributed by atoms with E-state index in [1.165, 1.54) is 12.0 Å². The minimum Gasteiger partial charge on any atom is -0.468 e. The lowest BCUT2D eigenvalue weighted by Crippen LogP contribution is -2.34. The van der Waals surface area contributed by atoms with Crippen LogP contribution in [-0.4, -0.2) is 51.1 Å². The third kappa shape index (κ3) is 5.19. The average Bonchev–Trinajstić information content (AvgIpc) is 2.13. The predicted octanol–water partition coefficient (Wildman–Crippen LogP) is -0.773. The van der Waals surface area contributed by atoms with E-state index in [2.05, 4.69) is 10.1 Å². The molecular weight excluding hydrogens is 172 g/mol. The van der Waals surface area contributed by atoms with Crippen LogP contribution in [0.2, 0.25) is 0 Å². The summed E-state index contributed by atoms with van der Waals surface area (Å²) in [5, 5.41) is 2.86. The molecule has 0 saturated heterocycles. The first-order valence-electron chi connectivity index (χ1n) is 4.07. The minimum absolute atomic E-state index is 0.0129. The molecule has 0 aromatic heterocycles. The summed E-state index contributed by atoms with van der Waals surface area (Å²) in [5.41, 5.74) is 0. The van der Waals surface area contributed by atoms with Crippen molar-refractivity contribution in [1.29, 1.82) is 0 Å². The van der Waals surface area contributed by atoms with Gasteiger partial charge in [0.2, 0.25) is 5.91 Å². The average molecular weight is 188 g/mol. The number of amides is 1. The molecule has 1 amide bonds. The van der Waals surface area contributed by atoms with Crippen LogP contribution < -0.4 is 5.32 Å². The van der Waals surface area contributed by atoms with Gasteiger partial charge < -0.3 is 15.0 Å². The number of hydrogen-bond donors (Lipinski definition) is 1. The molecule has 0 aliphatic carbocycles. The van der Waals surface area contributed by atoms with Crippen LogP contribution in [0, 0.1) is 0 Å². The number of likely N-dealkylation sites (N-methyl/N-ethyl adjacent to an activating group) is 1. The van der Waals surface area contributed by atoms with Gasteiger partial charge in [-0.05, 0) is 7.05 Å². The Morgan fingerprint density at radius 3 is 2.54 bits per heavy atom. The molecule has 0 rings (SSSR count). The van der Waals surface area contributed by atoms with Gasteiger partial charge >= 0.3 is 5.97 Å². The second-order valence-corrected chi connectivity index (χ2v) is 2.68. The molecule has 0 bridgehead atoms. The van der Waals surface area contributed by atoms with Crippen LogP contribution >= 0.6 is 0 Å². The van der Waals surface area contributed by atoms with Crippen LogP contribution in [-0.2, 0) is 14.3 Å². The van der Waals surface area contributed by atoms with Crippen molar-refractivity contribution in [2.45, 2.75) is 6.42 Å². The summed E-state index contributed by atoms with van der Waals surface area (Å²) in [6, 6.07) is 0. The van der Waals surface area contributed by atoms with E-state index in [1.807, 2.05) is 0 Å². The maximum atomic E-state index is 11.2. The summed E-state index contributed by atoms with van der Waals surface area (Å²) in [4.78, 5) is 23.4. The van der Waals surface area contributed by atoms with Crippen molar-refractivity contribution in [1.82, 2.24) is 10.2 Å². The number of methoxy groups -OCH3 is 1. The Balaban J connectivity index is 3.75. The first-order chi connectivity index (χ1) is 6.11. The summed E-state index contributed by atoms with van der Waals surface area (Å²) < 4.78 is 4.43. The Morgan fingerprint density at radius 2 is 2.08 bits per heavy atom. The quantitative estimate of drug-likeness (QED) is 0.575. The Hall–Kier alpha value is -1.10. The van der Waals surface area contributed by atoms with Gasteiger partial charge in [-0.15, -0.1) is 0 Å². The van der Waals surface area contributed by atoms with Gasteiger partial charge in [0.25, 0.3) is 0 Å². The fourth-order valence-corrected chi connectivity index (χ4v) is 0.769. The van der Waals surface area contributed by atoms with Crippen LogP contribution in [0.1, 0.15) is 6.42 Å². The molecular formula is C8H16N2O3. The molecule has 1 N–H and O–H groups in total. The number of hydrogen-bond acceptors (Lipinski definition) is 4. The Kier molecular flexibility index (Phi) is 5.88. The number of nitrogens with one attached hydrogen (secondary N) is 1. The molecule has 0 aromatic carbocycles. The lowest BCUT2D eigenvalue weighted by atomic mass is 10.3. The van der Waals surface area contributed by atoms with Gasteiger partial charge in [-0.2, -0.15) is 0 Å². The number of carbonyl (C=O) groups is 2. The monoisotopic (exact) mass is 188 g/mol. The summed E-state index contributed by atoms with van der Waals surface area (Å²) in [6.07, 6.45) is 0.393. The molecule has 0 saturated carbocycles. The van der Waals surface area contributed by atoms with Crippen molar-refractivity contribution in [3.05, 3.63) is 0 Å². The maximum absolute atomic E-state index is 11.2. The molecule has 0 radical (unpaired) electrons. The van der Waals surface area contributed by atoms with Crippen molar-refractivity contribution in [2.75, 3.05) is 34.3 Å². The number of esters is 1. The first-order valence-corrected chi connectivity index (χ1v) is 4.07. The van der Waals surface area contributed by atoms with Gasteiger partial charge in [0.15, 0.2) is 0 Å². The Morgan fingerprint density at radius 1 is 1.46 bits per heavy atom. The summed E-state index contributed by atoms with van der Waals surface area (Å²) in [5.74, 6) is -0.472. The van der Waals surface area contributed by atoms with Gasteiger partial charge in [0, 0.05) is 20.0 Å². The van der Waals surface area contributed by atoms with E-state index in [0.717, 1.165) is 0 Å². The molecule has 76 valence electrons. The van der Waals surface area contributed by atoms with Crippen molar-refractivity contribution in [3.8, 4) is 0 Å². The minimum atomic E-state index is -0.402. The first kappa shape index (κ1) is 11.9. The van der Waals surface area contributed by atoms with Crippen LogP contribution in [0.4, 0.5) is 0 Å². The van der Waals surface area contributed by atoms with E-state index < -0.39 is 5.97 Å². The fraction of sp³-hybridized carbons (Fsp3) is 0.750. The Labute approximate surface area is 78.0 Å². The molecule has 0 aliphatic rings. The van der Waals surface area contributed by atoms with Crippen molar-refractivity contribution < 1.29 is 14.3 Å². The zero-order valence-electron chi connectivity index (χ0n) is 8.29. The molecule has 0 heterocycles. The van der Waals surface area contributed by atoms with E-state index in [4.69, 9.17) is 0 Å². The largest absolute Gasteiger partial charge is 0.468 e. The second-order valence-electron chi connectivity index (χ2n) is 2.68. The zero-order chi connectivity index (χ0) is 10.3. The van der Waals surface area contributed by atoms with E-state index in [0.29, 0.717) is 13.0 Å². The lowest BCUT2D eigenvalue weighted by molar-refractivity contribution is -0.146. The van der Waals surface area contributed by atoms with E-state index in [-0.39, 0.29) is 12.5 Å². The SMILES string of the molecule is CNCCC(=O)N(C)CC(=O)OC. The number of carbonyl (C=O) groups excluding carboxylic acids is 2. The van der Waals surface area contributed by atoms with E-state index in [9.17, 15) is 9.59 Å². The van der Waals surface area contributed by atoms with Crippen LogP contribution in [0.5, 0.6) is 0 Å². The summed E-state index contributed by atoms with van der Waals surface area (Å²) in [6.45, 7) is 0.628. The topological polar surface area (TPSA) is 58.6 Å². The predicted molar refractivity (Wildman–Crippen MR) is 48.2 cm³/mol. The van der Waals surface area contributed by atoms with Gasteiger partial charge in [-0.3, -0.25) is 9.59 Å². The van der Waals surface area contributed by atoms with Crippen molar-refractivity contribution in [3.63, 3.8) is 0 Å². The third-order valence-electron chi connectivity index (χ3n) is 1.61. The highest BCUT2D eigenvalue weighted by Gasteiger charge is 2.11. The molecule has 0 atom stereocenters. The second kappa shape index (κ2) is 6.42. The van der Waals surface area contributed by atoms with Crippen molar-refractivity contribution in [2.24, 2.45) is 0 Å².